The minimum Gasteiger partial charge on any atom is -0.509 e. The summed E-state index contributed by atoms with van der Waals surface area (Å²) in [4.78, 5) is 9.68. The van der Waals surface area contributed by atoms with Gasteiger partial charge in [0.15, 0.2) is 0 Å². The van der Waals surface area contributed by atoms with Crippen molar-refractivity contribution in [2.45, 2.75) is 117 Å². The van der Waals surface area contributed by atoms with Gasteiger partial charge in [-0.2, -0.15) is 6.07 Å². The normalized spacial score (nSPS) is 13.2. The molecule has 0 saturated carbocycles. The molecule has 398 valence electrons. The van der Waals surface area contributed by atoms with Gasteiger partial charge in [-0.25, -0.2) is 4.98 Å². The summed E-state index contributed by atoms with van der Waals surface area (Å²) in [6, 6.07) is 73.8. The number of anilines is 4. The summed E-state index contributed by atoms with van der Waals surface area (Å²) < 4.78 is 9.30. The van der Waals surface area contributed by atoms with Crippen molar-refractivity contribution in [1.82, 2.24) is 9.55 Å². The second-order valence-electron chi connectivity index (χ2n) is 25.2. The molecular weight excluding hydrogens is 1130 g/mol. The summed E-state index contributed by atoms with van der Waals surface area (Å²) >= 11 is 0. The molecule has 78 heavy (non-hydrogen) atoms. The first-order chi connectivity index (χ1) is 36.5. The molecule has 3 heterocycles. The Morgan fingerprint density at radius 3 is 1.67 bits per heavy atom. The maximum Gasteiger partial charge on any atom is 0.135 e. The van der Waals surface area contributed by atoms with Crippen molar-refractivity contribution in [2.75, 3.05) is 9.80 Å². The Hall–Kier alpha value is -7.20. The summed E-state index contributed by atoms with van der Waals surface area (Å²) in [7, 11) is 0. The van der Waals surface area contributed by atoms with Crippen LogP contribution in [0.15, 0.2) is 188 Å². The van der Waals surface area contributed by atoms with Crippen molar-refractivity contribution in [1.29, 1.82) is 0 Å². The molecule has 0 fully saturated rings. The Bertz CT molecular complexity index is 3820. The van der Waals surface area contributed by atoms with Crippen LogP contribution in [-0.4, -0.2) is 9.55 Å². The van der Waals surface area contributed by atoms with Gasteiger partial charge in [0.2, 0.25) is 0 Å². The first kappa shape index (κ1) is 54.2. The second kappa shape index (κ2) is 20.2. The van der Waals surface area contributed by atoms with E-state index in [1.807, 2.05) is 6.20 Å². The van der Waals surface area contributed by atoms with Crippen molar-refractivity contribution < 1.29 is 25.8 Å². The molecule has 1 aliphatic rings. The Morgan fingerprint density at radius 2 is 1.03 bits per heavy atom. The number of fused-ring (bicyclic) bond motifs is 4. The van der Waals surface area contributed by atoms with Gasteiger partial charge in [0, 0.05) is 72.2 Å². The van der Waals surface area contributed by atoms with Gasteiger partial charge in [-0.15, -0.1) is 53.6 Å². The van der Waals surface area contributed by atoms with E-state index in [-0.39, 0.29) is 48.1 Å². The fourth-order valence-electron chi connectivity index (χ4n) is 10.9. The summed E-state index contributed by atoms with van der Waals surface area (Å²) in [5, 5.41) is 2.22. The van der Waals surface area contributed by atoms with Crippen LogP contribution >= 0.6 is 0 Å². The number of hydrogen-bond donors (Lipinski definition) is 0. The van der Waals surface area contributed by atoms with Crippen molar-refractivity contribution in [3.05, 3.63) is 246 Å². The maximum atomic E-state index is 7.05. The molecule has 0 saturated heterocycles. The molecule has 8 aromatic carbocycles. The first-order valence-electron chi connectivity index (χ1n) is 27.2. The molecule has 11 rings (SSSR count). The van der Waals surface area contributed by atoms with E-state index in [9.17, 15) is 0 Å². The summed E-state index contributed by atoms with van der Waals surface area (Å²) in [6.45, 7) is 31.9. The van der Waals surface area contributed by atoms with Gasteiger partial charge in [0.1, 0.15) is 5.82 Å². The summed E-state index contributed by atoms with van der Waals surface area (Å²) in [5.41, 5.74) is 16.2. The van der Waals surface area contributed by atoms with Crippen LogP contribution in [0.25, 0.3) is 38.8 Å². The van der Waals surface area contributed by atoms with Gasteiger partial charge in [-0.05, 0) is 109 Å². The zero-order valence-electron chi connectivity index (χ0n) is 47.5. The Kier molecular flexibility index (Phi) is 14.0. The van der Waals surface area contributed by atoms with Gasteiger partial charge in [0.05, 0.1) is 0 Å². The van der Waals surface area contributed by atoms with E-state index in [2.05, 4.69) is 305 Å². The zero-order chi connectivity index (χ0) is 54.2. The average molecular weight is 1200 g/mol. The summed E-state index contributed by atoms with van der Waals surface area (Å²) in [6.07, 6.45) is 1.93. The largest absolute Gasteiger partial charge is 0.509 e. The van der Waals surface area contributed by atoms with Crippen LogP contribution in [0.3, 0.4) is 0 Å². The van der Waals surface area contributed by atoms with Crippen LogP contribution in [0.1, 0.15) is 129 Å². The number of pyridine rings is 1. The fourth-order valence-corrected chi connectivity index (χ4v) is 10.9. The van der Waals surface area contributed by atoms with Crippen LogP contribution in [0.4, 0.5) is 22.7 Å². The molecule has 10 aromatic rings. The molecule has 1 aliphatic heterocycles. The fraction of sp³-hybridized carbons (Fsp3) is 0.250. The average Bonchev–Trinajstić information content (AvgIpc) is 4.02. The number of benzene rings is 8. The quantitative estimate of drug-likeness (QED) is 0.128. The SMILES string of the molecule is CC(C)(C)c1cc(Oc2[c-]c3c(cc2)c2cc(C(C)(C)c4ccccc4)ccc2n3-c2cc(C(C)(C)C)ccn2)[c-]c(N2[CH-]N(c3cc(-c4ccccc4)cc(C(C)(C)c4ccccc4)c3)c3cc(C(C)(C)C)ccc32)c1.[Pt]. The molecule has 5 nitrogen and oxygen atoms in total. The molecule has 2 aromatic heterocycles. The zero-order valence-corrected chi connectivity index (χ0v) is 49.8. The molecule has 6 heteroatoms. The van der Waals surface area contributed by atoms with Gasteiger partial charge < -0.3 is 19.1 Å². The van der Waals surface area contributed by atoms with Crippen LogP contribution < -0.4 is 14.5 Å². The van der Waals surface area contributed by atoms with Crippen molar-refractivity contribution in [3.8, 4) is 28.4 Å². The van der Waals surface area contributed by atoms with E-state index in [0.717, 1.165) is 55.9 Å². The maximum absolute atomic E-state index is 7.05. The van der Waals surface area contributed by atoms with Crippen molar-refractivity contribution in [3.63, 3.8) is 0 Å². The van der Waals surface area contributed by atoms with Gasteiger partial charge in [-0.3, -0.25) is 0 Å². The molecule has 0 amide bonds. The first-order valence-corrected chi connectivity index (χ1v) is 27.2. The van der Waals surface area contributed by atoms with E-state index < -0.39 is 0 Å². The molecule has 0 bridgehead atoms. The predicted octanol–water partition coefficient (Wildman–Crippen LogP) is 19.2. The van der Waals surface area contributed by atoms with Gasteiger partial charge >= 0.3 is 0 Å². The van der Waals surface area contributed by atoms with Crippen LogP contribution in [0, 0.1) is 18.8 Å². The Labute approximate surface area is 478 Å². The topological polar surface area (TPSA) is 33.5 Å². The van der Waals surface area contributed by atoms with Crippen LogP contribution in [0.2, 0.25) is 0 Å². The molecular formula is C72H71N4OPt-3. The molecule has 0 spiro atoms. The third kappa shape index (κ3) is 10.2. The van der Waals surface area contributed by atoms with Crippen molar-refractivity contribution in [2.24, 2.45) is 0 Å². The van der Waals surface area contributed by atoms with Crippen molar-refractivity contribution >= 4 is 44.6 Å². The molecule has 0 aliphatic carbocycles. The number of nitrogens with zero attached hydrogens (tertiary/aromatic N) is 4. The van der Waals surface area contributed by atoms with Gasteiger partial charge in [0.25, 0.3) is 0 Å². The van der Waals surface area contributed by atoms with Crippen LogP contribution in [-0.2, 0) is 48.1 Å². The number of hydrogen-bond acceptors (Lipinski definition) is 4. The number of aromatic nitrogens is 2. The van der Waals surface area contributed by atoms with E-state index in [4.69, 9.17) is 9.72 Å². The van der Waals surface area contributed by atoms with Gasteiger partial charge in [-0.1, -0.05) is 211 Å². The second-order valence-corrected chi connectivity index (χ2v) is 25.2. The van der Waals surface area contributed by atoms with E-state index in [1.54, 1.807) is 0 Å². The minimum absolute atomic E-state index is 0. The molecule has 0 radical (unpaired) electrons. The number of rotatable bonds is 10. The number of ether oxygens (including phenoxy) is 1. The predicted molar refractivity (Wildman–Crippen MR) is 323 cm³/mol. The third-order valence-electron chi connectivity index (χ3n) is 16.0. The Morgan fingerprint density at radius 1 is 0.423 bits per heavy atom. The van der Waals surface area contributed by atoms with E-state index >= 15 is 0 Å². The smallest absolute Gasteiger partial charge is 0.135 e. The monoisotopic (exact) mass is 1200 g/mol. The van der Waals surface area contributed by atoms with Crippen LogP contribution in [0.5, 0.6) is 11.5 Å². The van der Waals surface area contributed by atoms with E-state index in [0.29, 0.717) is 11.5 Å². The third-order valence-corrected chi connectivity index (χ3v) is 16.0. The summed E-state index contributed by atoms with van der Waals surface area (Å²) in [5.74, 6) is 2.06. The minimum atomic E-state index is -0.277. The standard InChI is InChI=1S/C72H71N4O.Pt/c1-68(2,3)52-29-34-64-66(43-52)75(57-38-49(48-23-17-14-18-24-48)37-56(40-57)72(12,13)51-27-21-16-22-28-51)47-74(64)58-39-55(70(7,8)9)41-60(45-58)77-59-31-32-61-62-42-54(71(10,11)50-25-19-15-20-26-50)30-33-63(62)76(65(61)46-59)67-44-53(35-36-73-67)69(4,5)6;/h14-44,47H,1-13H3;/q-3;. The Balaban J connectivity index is 0.00000688. The molecule has 0 unspecified atom stereocenters. The molecule has 0 N–H and O–H groups in total. The van der Waals surface area contributed by atoms with E-state index in [1.165, 1.54) is 44.5 Å². The molecule has 0 atom stereocenters.